The molecule has 0 bridgehead atoms. The first kappa shape index (κ1) is 15.7. The zero-order chi connectivity index (χ0) is 15.7. The summed E-state index contributed by atoms with van der Waals surface area (Å²) in [5, 5.41) is 0. The SMILES string of the molecule is COc1cccc2c1CCCC(OS(=O)(=O)C(F)(F)F)=C2. The molecule has 0 spiro atoms. The Balaban J connectivity index is 2.36. The van der Waals surface area contributed by atoms with Gasteiger partial charge in [0.05, 0.1) is 7.11 Å². The van der Waals surface area contributed by atoms with Crippen molar-refractivity contribution in [2.75, 3.05) is 7.11 Å². The molecular formula is C13H13F3O4S. The van der Waals surface area contributed by atoms with Crippen LogP contribution in [0.25, 0.3) is 6.08 Å². The lowest BCUT2D eigenvalue weighted by Crippen LogP contribution is -2.25. The van der Waals surface area contributed by atoms with Gasteiger partial charge in [0.25, 0.3) is 0 Å². The smallest absolute Gasteiger partial charge is 0.496 e. The molecule has 0 saturated heterocycles. The minimum Gasteiger partial charge on any atom is -0.496 e. The molecule has 0 N–H and O–H groups in total. The lowest BCUT2D eigenvalue weighted by Gasteiger charge is -2.11. The fraction of sp³-hybridized carbons (Fsp3) is 0.385. The number of fused-ring (bicyclic) bond motifs is 1. The van der Waals surface area contributed by atoms with Crippen LogP contribution in [0.1, 0.15) is 24.0 Å². The second-order valence-electron chi connectivity index (χ2n) is 4.48. The molecule has 0 saturated carbocycles. The molecular weight excluding hydrogens is 309 g/mol. The van der Waals surface area contributed by atoms with E-state index >= 15 is 0 Å². The third kappa shape index (κ3) is 3.31. The van der Waals surface area contributed by atoms with Gasteiger partial charge in [-0.3, -0.25) is 0 Å². The van der Waals surface area contributed by atoms with E-state index in [4.69, 9.17) is 4.74 Å². The predicted molar refractivity (Wildman–Crippen MR) is 70.0 cm³/mol. The molecule has 21 heavy (non-hydrogen) atoms. The van der Waals surface area contributed by atoms with E-state index in [1.165, 1.54) is 13.2 Å². The number of hydrogen-bond acceptors (Lipinski definition) is 4. The topological polar surface area (TPSA) is 52.6 Å². The van der Waals surface area contributed by atoms with Crippen molar-refractivity contribution in [1.82, 2.24) is 0 Å². The zero-order valence-corrected chi connectivity index (χ0v) is 11.9. The van der Waals surface area contributed by atoms with Crippen molar-refractivity contribution in [3.05, 3.63) is 35.1 Å². The highest BCUT2D eigenvalue weighted by Crippen LogP contribution is 2.33. The minimum atomic E-state index is -5.63. The summed E-state index contributed by atoms with van der Waals surface area (Å²) in [5.41, 5.74) is -4.01. The molecule has 0 amide bonds. The summed E-state index contributed by atoms with van der Waals surface area (Å²) in [6.07, 6.45) is 2.45. The Bertz CT molecular complexity index is 662. The van der Waals surface area contributed by atoms with Crippen molar-refractivity contribution >= 4 is 16.2 Å². The number of benzene rings is 1. The number of methoxy groups -OCH3 is 1. The van der Waals surface area contributed by atoms with E-state index in [9.17, 15) is 21.6 Å². The van der Waals surface area contributed by atoms with Gasteiger partial charge in [-0.25, -0.2) is 0 Å². The molecule has 8 heteroatoms. The number of rotatable bonds is 3. The molecule has 4 nitrogen and oxygen atoms in total. The summed E-state index contributed by atoms with van der Waals surface area (Å²) in [5.74, 6) is 0.392. The van der Waals surface area contributed by atoms with Crippen LogP contribution in [0, 0.1) is 0 Å². The zero-order valence-electron chi connectivity index (χ0n) is 11.1. The first-order chi connectivity index (χ1) is 9.74. The average Bonchev–Trinajstić information content (AvgIpc) is 2.57. The fourth-order valence-electron chi connectivity index (χ4n) is 2.12. The fourth-order valence-corrected chi connectivity index (χ4v) is 2.62. The van der Waals surface area contributed by atoms with Crippen LogP contribution in [0.4, 0.5) is 13.2 Å². The molecule has 0 atom stereocenters. The van der Waals surface area contributed by atoms with Crippen molar-refractivity contribution in [1.29, 1.82) is 0 Å². The third-order valence-corrected chi connectivity index (χ3v) is 4.06. The van der Waals surface area contributed by atoms with Gasteiger partial charge in [-0.1, -0.05) is 12.1 Å². The quantitative estimate of drug-likeness (QED) is 0.633. The van der Waals surface area contributed by atoms with E-state index in [1.54, 1.807) is 18.2 Å². The summed E-state index contributed by atoms with van der Waals surface area (Å²) in [6, 6.07) is 5.09. The maximum Gasteiger partial charge on any atom is 0.534 e. The first-order valence-corrected chi connectivity index (χ1v) is 7.52. The minimum absolute atomic E-state index is 0.104. The van der Waals surface area contributed by atoms with Crippen LogP contribution in [0.2, 0.25) is 0 Å². The molecule has 116 valence electrons. The Kier molecular flexibility index (Phi) is 4.18. The summed E-state index contributed by atoms with van der Waals surface area (Å²) in [4.78, 5) is 0. The van der Waals surface area contributed by atoms with E-state index in [-0.39, 0.29) is 12.2 Å². The second kappa shape index (κ2) is 5.59. The van der Waals surface area contributed by atoms with Crippen LogP contribution in [0.15, 0.2) is 24.0 Å². The van der Waals surface area contributed by atoms with E-state index < -0.39 is 15.6 Å². The normalized spacial score (nSPS) is 15.7. The molecule has 1 aliphatic rings. The average molecular weight is 322 g/mol. The highest BCUT2D eigenvalue weighted by molar-refractivity contribution is 7.87. The van der Waals surface area contributed by atoms with E-state index in [0.29, 0.717) is 24.2 Å². The van der Waals surface area contributed by atoms with Crippen LogP contribution in [-0.4, -0.2) is 21.0 Å². The summed E-state index contributed by atoms with van der Waals surface area (Å²) < 4.78 is 68.6. The first-order valence-electron chi connectivity index (χ1n) is 6.12. The maximum absolute atomic E-state index is 12.3. The summed E-state index contributed by atoms with van der Waals surface area (Å²) in [7, 11) is -4.14. The van der Waals surface area contributed by atoms with Crippen LogP contribution in [-0.2, 0) is 20.7 Å². The molecule has 2 rings (SSSR count). The lowest BCUT2D eigenvalue weighted by atomic mass is 10.0. The van der Waals surface area contributed by atoms with Crippen LogP contribution in [0.3, 0.4) is 0 Å². The van der Waals surface area contributed by atoms with Crippen LogP contribution >= 0.6 is 0 Å². The number of halogens is 3. The highest BCUT2D eigenvalue weighted by atomic mass is 32.2. The van der Waals surface area contributed by atoms with Gasteiger partial charge >= 0.3 is 15.6 Å². The van der Waals surface area contributed by atoms with Gasteiger partial charge in [-0.2, -0.15) is 21.6 Å². The van der Waals surface area contributed by atoms with Gasteiger partial charge in [0.2, 0.25) is 0 Å². The molecule has 0 aliphatic heterocycles. The molecule has 1 aromatic rings. The Morgan fingerprint density at radius 3 is 2.52 bits per heavy atom. The monoisotopic (exact) mass is 322 g/mol. The predicted octanol–water partition coefficient (Wildman–Crippen LogP) is 3.24. The van der Waals surface area contributed by atoms with Crippen molar-refractivity contribution in [3.63, 3.8) is 0 Å². The molecule has 0 fully saturated rings. The molecule has 0 unspecified atom stereocenters. The van der Waals surface area contributed by atoms with Gasteiger partial charge in [0.1, 0.15) is 11.5 Å². The standard InChI is InChI=1S/C13H13F3O4S/c1-19-12-7-2-4-9-8-10(5-3-6-11(9)12)20-21(17,18)13(14,15)16/h2,4,7-8H,3,5-6H2,1H3. The van der Waals surface area contributed by atoms with Gasteiger partial charge in [-0.05, 0) is 30.5 Å². The largest absolute Gasteiger partial charge is 0.534 e. The van der Waals surface area contributed by atoms with E-state index in [1.807, 2.05) is 0 Å². The Hall–Kier alpha value is -1.70. The second-order valence-corrected chi connectivity index (χ2v) is 6.01. The third-order valence-electron chi connectivity index (χ3n) is 3.06. The summed E-state index contributed by atoms with van der Waals surface area (Å²) in [6.45, 7) is 0. The molecule has 1 aliphatic carbocycles. The maximum atomic E-state index is 12.3. The van der Waals surface area contributed by atoms with Crippen LogP contribution < -0.4 is 4.74 Å². The molecule has 1 aromatic carbocycles. The Morgan fingerprint density at radius 1 is 1.19 bits per heavy atom. The van der Waals surface area contributed by atoms with Crippen LogP contribution in [0.5, 0.6) is 5.75 Å². The van der Waals surface area contributed by atoms with Crippen molar-refractivity contribution in [2.45, 2.75) is 24.8 Å². The summed E-state index contributed by atoms with van der Waals surface area (Å²) >= 11 is 0. The van der Waals surface area contributed by atoms with E-state index in [2.05, 4.69) is 4.18 Å². The Labute approximate surface area is 120 Å². The van der Waals surface area contributed by atoms with Crippen molar-refractivity contribution in [2.24, 2.45) is 0 Å². The Morgan fingerprint density at radius 2 is 1.90 bits per heavy atom. The number of ether oxygens (including phenoxy) is 1. The van der Waals surface area contributed by atoms with Crippen molar-refractivity contribution in [3.8, 4) is 5.75 Å². The van der Waals surface area contributed by atoms with Crippen molar-refractivity contribution < 1.29 is 30.5 Å². The van der Waals surface area contributed by atoms with Gasteiger partial charge in [-0.15, -0.1) is 0 Å². The highest BCUT2D eigenvalue weighted by Gasteiger charge is 2.48. The van der Waals surface area contributed by atoms with Gasteiger partial charge in [0.15, 0.2) is 0 Å². The number of allylic oxidation sites excluding steroid dienone is 1. The van der Waals surface area contributed by atoms with Gasteiger partial charge < -0.3 is 8.92 Å². The van der Waals surface area contributed by atoms with E-state index in [0.717, 1.165) is 5.56 Å². The number of hydrogen-bond donors (Lipinski definition) is 0. The van der Waals surface area contributed by atoms with Gasteiger partial charge in [0, 0.05) is 12.0 Å². The number of alkyl halides is 3. The molecule has 0 radical (unpaired) electrons. The molecule has 0 aromatic heterocycles. The lowest BCUT2D eigenvalue weighted by molar-refractivity contribution is -0.0522. The molecule has 0 heterocycles.